The van der Waals surface area contributed by atoms with E-state index < -0.39 is 0 Å². The lowest BCUT2D eigenvalue weighted by molar-refractivity contribution is 0.0472. The van der Waals surface area contributed by atoms with Crippen molar-refractivity contribution >= 4 is 5.97 Å². The summed E-state index contributed by atoms with van der Waals surface area (Å²) in [7, 11) is 0. The molecule has 0 N–H and O–H groups in total. The van der Waals surface area contributed by atoms with Crippen LogP contribution in [0.1, 0.15) is 27.0 Å². The molecule has 2 rings (SSSR count). The monoisotopic (exact) mass is 251 g/mol. The zero-order valence-electron chi connectivity index (χ0n) is 10.6. The molecule has 0 saturated carbocycles. The number of esters is 1. The third kappa shape index (κ3) is 3.20. The molecule has 0 atom stereocenters. The number of carbonyl (C=O) groups excluding carboxylic acids is 1. The zero-order chi connectivity index (χ0) is 13.7. The van der Waals surface area contributed by atoms with E-state index in [2.05, 4.69) is 6.07 Å². The molecule has 0 aliphatic carbocycles. The Hall–Kier alpha value is -2.60. The maximum absolute atomic E-state index is 11.9. The minimum absolute atomic E-state index is 0.169. The molecule has 0 fully saturated rings. The first kappa shape index (κ1) is 12.8. The molecule has 3 nitrogen and oxygen atoms in total. The van der Waals surface area contributed by atoms with Crippen LogP contribution in [0.25, 0.3) is 0 Å². The lowest BCUT2D eigenvalue weighted by Gasteiger charge is -2.07. The van der Waals surface area contributed by atoms with Crippen LogP contribution in [0.4, 0.5) is 0 Å². The standard InChI is InChI=1S/C16H13NO2/c1-12-5-2-3-8-15(12)16(18)19-11-14-7-4-6-13(9-14)10-17/h2-9H,11H2,1H3. The molecule has 94 valence electrons. The molecule has 0 unspecified atom stereocenters. The smallest absolute Gasteiger partial charge is 0.338 e. The third-order valence-electron chi connectivity index (χ3n) is 2.79. The Labute approximate surface area is 112 Å². The van der Waals surface area contributed by atoms with Crippen molar-refractivity contribution in [2.45, 2.75) is 13.5 Å². The number of nitrogens with zero attached hydrogens (tertiary/aromatic N) is 1. The van der Waals surface area contributed by atoms with Crippen LogP contribution in [-0.4, -0.2) is 5.97 Å². The molecule has 0 saturated heterocycles. The van der Waals surface area contributed by atoms with Crippen LogP contribution in [0.2, 0.25) is 0 Å². The SMILES string of the molecule is Cc1ccccc1C(=O)OCc1cccc(C#N)c1. The quantitative estimate of drug-likeness (QED) is 0.787. The van der Waals surface area contributed by atoms with Gasteiger partial charge in [-0.25, -0.2) is 4.79 Å². The topological polar surface area (TPSA) is 50.1 Å². The highest BCUT2D eigenvalue weighted by Crippen LogP contribution is 2.11. The maximum Gasteiger partial charge on any atom is 0.338 e. The van der Waals surface area contributed by atoms with Gasteiger partial charge in [0, 0.05) is 0 Å². The van der Waals surface area contributed by atoms with Gasteiger partial charge in [0.15, 0.2) is 0 Å². The first-order valence-corrected chi connectivity index (χ1v) is 5.92. The second-order valence-corrected chi connectivity index (χ2v) is 4.20. The van der Waals surface area contributed by atoms with Crippen molar-refractivity contribution in [1.82, 2.24) is 0 Å². The highest BCUT2D eigenvalue weighted by atomic mass is 16.5. The molecule has 0 heterocycles. The number of nitriles is 1. The second-order valence-electron chi connectivity index (χ2n) is 4.20. The second kappa shape index (κ2) is 5.83. The number of ether oxygens (including phenoxy) is 1. The van der Waals surface area contributed by atoms with Crippen molar-refractivity contribution in [3.8, 4) is 6.07 Å². The Kier molecular flexibility index (Phi) is 3.94. The normalized spacial score (nSPS) is 9.68. The number of benzene rings is 2. The van der Waals surface area contributed by atoms with Crippen molar-refractivity contribution in [3.05, 3.63) is 70.8 Å². The van der Waals surface area contributed by atoms with Crippen molar-refractivity contribution in [2.24, 2.45) is 0 Å². The van der Waals surface area contributed by atoms with Gasteiger partial charge in [0.2, 0.25) is 0 Å². The predicted molar refractivity (Wildman–Crippen MR) is 71.5 cm³/mol. The first-order chi connectivity index (χ1) is 9.20. The molecule has 0 aromatic heterocycles. The highest BCUT2D eigenvalue weighted by molar-refractivity contribution is 5.90. The summed E-state index contributed by atoms with van der Waals surface area (Å²) < 4.78 is 5.25. The van der Waals surface area contributed by atoms with Crippen LogP contribution >= 0.6 is 0 Å². The Morgan fingerprint density at radius 1 is 1.21 bits per heavy atom. The lowest BCUT2D eigenvalue weighted by Crippen LogP contribution is -2.07. The third-order valence-corrected chi connectivity index (χ3v) is 2.79. The Morgan fingerprint density at radius 3 is 2.74 bits per heavy atom. The van der Waals surface area contributed by atoms with E-state index in [1.807, 2.05) is 25.1 Å². The summed E-state index contributed by atoms with van der Waals surface area (Å²) in [5.41, 5.74) is 2.82. The minimum atomic E-state index is -0.347. The fourth-order valence-electron chi connectivity index (χ4n) is 1.76. The molecule has 19 heavy (non-hydrogen) atoms. The number of hydrogen-bond acceptors (Lipinski definition) is 3. The van der Waals surface area contributed by atoms with Gasteiger partial charge < -0.3 is 4.74 Å². The summed E-state index contributed by atoms with van der Waals surface area (Å²) >= 11 is 0. The van der Waals surface area contributed by atoms with Gasteiger partial charge in [-0.15, -0.1) is 0 Å². The first-order valence-electron chi connectivity index (χ1n) is 5.92. The molecule has 0 spiro atoms. The molecule has 0 bridgehead atoms. The van der Waals surface area contributed by atoms with E-state index >= 15 is 0 Å². The van der Waals surface area contributed by atoms with Crippen LogP contribution in [0.5, 0.6) is 0 Å². The fraction of sp³-hybridized carbons (Fsp3) is 0.125. The van der Waals surface area contributed by atoms with Gasteiger partial charge in [0.25, 0.3) is 0 Å². The fourth-order valence-corrected chi connectivity index (χ4v) is 1.76. The van der Waals surface area contributed by atoms with Crippen molar-refractivity contribution in [3.63, 3.8) is 0 Å². The van der Waals surface area contributed by atoms with Gasteiger partial charge in [-0.05, 0) is 36.2 Å². The van der Waals surface area contributed by atoms with Crippen LogP contribution in [0.15, 0.2) is 48.5 Å². The van der Waals surface area contributed by atoms with E-state index in [1.165, 1.54) is 0 Å². The van der Waals surface area contributed by atoms with Gasteiger partial charge in [-0.1, -0.05) is 30.3 Å². The Balaban J connectivity index is 2.05. The number of hydrogen-bond donors (Lipinski definition) is 0. The van der Waals surface area contributed by atoms with Crippen LogP contribution in [0, 0.1) is 18.3 Å². The maximum atomic E-state index is 11.9. The van der Waals surface area contributed by atoms with Gasteiger partial charge in [-0.3, -0.25) is 0 Å². The minimum Gasteiger partial charge on any atom is -0.457 e. The summed E-state index contributed by atoms with van der Waals surface area (Å²) in [6.07, 6.45) is 0. The van der Waals surface area contributed by atoms with Crippen LogP contribution < -0.4 is 0 Å². The van der Waals surface area contributed by atoms with Crippen molar-refractivity contribution in [2.75, 3.05) is 0 Å². The summed E-state index contributed by atoms with van der Waals surface area (Å²) in [4.78, 5) is 11.9. The molecule has 0 aliphatic rings. The number of aryl methyl sites for hydroxylation is 1. The zero-order valence-corrected chi connectivity index (χ0v) is 10.6. The van der Waals surface area contributed by atoms with Gasteiger partial charge in [-0.2, -0.15) is 5.26 Å². The molecule has 0 radical (unpaired) electrons. The van der Waals surface area contributed by atoms with Crippen LogP contribution in [-0.2, 0) is 11.3 Å². The van der Waals surface area contributed by atoms with E-state index in [1.54, 1.807) is 30.3 Å². The summed E-state index contributed by atoms with van der Waals surface area (Å²) in [5, 5.41) is 8.80. The molecule has 0 aliphatic heterocycles. The highest BCUT2D eigenvalue weighted by Gasteiger charge is 2.09. The molecular formula is C16H13NO2. The van der Waals surface area contributed by atoms with Crippen molar-refractivity contribution < 1.29 is 9.53 Å². The molecule has 2 aromatic carbocycles. The van der Waals surface area contributed by atoms with E-state index in [0.717, 1.165) is 11.1 Å². The molecular weight excluding hydrogens is 238 g/mol. The predicted octanol–water partition coefficient (Wildman–Crippen LogP) is 3.22. The van der Waals surface area contributed by atoms with Gasteiger partial charge in [0.1, 0.15) is 6.61 Å². The van der Waals surface area contributed by atoms with Gasteiger partial charge >= 0.3 is 5.97 Å². The number of rotatable bonds is 3. The average Bonchev–Trinajstić information content (AvgIpc) is 2.45. The Morgan fingerprint density at radius 2 is 2.00 bits per heavy atom. The van der Waals surface area contributed by atoms with E-state index in [4.69, 9.17) is 10.00 Å². The van der Waals surface area contributed by atoms with E-state index in [0.29, 0.717) is 11.1 Å². The molecule has 0 amide bonds. The van der Waals surface area contributed by atoms with Crippen molar-refractivity contribution in [1.29, 1.82) is 5.26 Å². The van der Waals surface area contributed by atoms with Gasteiger partial charge in [0.05, 0.1) is 17.2 Å². The number of carbonyl (C=O) groups is 1. The average molecular weight is 251 g/mol. The molecule has 3 heteroatoms. The summed E-state index contributed by atoms with van der Waals surface area (Å²) in [5.74, 6) is -0.347. The summed E-state index contributed by atoms with van der Waals surface area (Å²) in [6, 6.07) is 16.4. The van der Waals surface area contributed by atoms with E-state index in [9.17, 15) is 4.79 Å². The van der Waals surface area contributed by atoms with Crippen LogP contribution in [0.3, 0.4) is 0 Å². The van der Waals surface area contributed by atoms with E-state index in [-0.39, 0.29) is 12.6 Å². The lowest BCUT2D eigenvalue weighted by atomic mass is 10.1. The summed E-state index contributed by atoms with van der Waals surface area (Å²) in [6.45, 7) is 2.04. The molecule has 2 aromatic rings. The Bertz CT molecular complexity index is 641. The largest absolute Gasteiger partial charge is 0.457 e.